The van der Waals surface area contributed by atoms with Crippen molar-refractivity contribution in [3.63, 3.8) is 0 Å². The average Bonchev–Trinajstić information content (AvgIpc) is 2.83. The normalized spacial score (nSPS) is 22.5. The first-order valence-electron chi connectivity index (χ1n) is 6.97. The van der Waals surface area contributed by atoms with E-state index < -0.39 is 0 Å². The molecule has 1 aliphatic rings. The number of aliphatic hydroxyl groups is 1. The summed E-state index contributed by atoms with van der Waals surface area (Å²) in [4.78, 5) is 0. The maximum atomic E-state index is 9.81. The van der Waals surface area contributed by atoms with Crippen molar-refractivity contribution in [1.82, 2.24) is 5.32 Å². The van der Waals surface area contributed by atoms with Gasteiger partial charge in [0.1, 0.15) is 6.10 Å². The molecule has 1 fully saturated rings. The van der Waals surface area contributed by atoms with E-state index in [9.17, 15) is 5.11 Å². The monoisotopic (exact) mass is 265 g/mol. The molecular weight excluding hydrogens is 242 g/mol. The molecule has 0 saturated heterocycles. The quantitative estimate of drug-likeness (QED) is 0.827. The smallest absolute Gasteiger partial charge is 0.161 e. The van der Waals surface area contributed by atoms with Gasteiger partial charge >= 0.3 is 0 Å². The van der Waals surface area contributed by atoms with Gasteiger partial charge in [-0.15, -0.1) is 0 Å². The van der Waals surface area contributed by atoms with Crippen LogP contribution >= 0.6 is 0 Å². The molecule has 0 aliphatic heterocycles. The highest BCUT2D eigenvalue weighted by atomic mass is 16.5. The van der Waals surface area contributed by atoms with E-state index in [0.29, 0.717) is 5.75 Å². The van der Waals surface area contributed by atoms with Crippen LogP contribution in [0.5, 0.6) is 11.5 Å². The fourth-order valence-electron chi connectivity index (χ4n) is 2.40. The van der Waals surface area contributed by atoms with Crippen molar-refractivity contribution in [1.29, 1.82) is 0 Å². The minimum absolute atomic E-state index is 0.103. The zero-order valence-electron chi connectivity index (χ0n) is 11.7. The lowest BCUT2D eigenvalue weighted by Gasteiger charge is -2.19. The van der Waals surface area contributed by atoms with Crippen LogP contribution in [-0.2, 0) is 6.54 Å². The van der Waals surface area contributed by atoms with Crippen molar-refractivity contribution in [2.75, 3.05) is 13.7 Å². The summed E-state index contributed by atoms with van der Waals surface area (Å²) in [5.74, 6) is 1.45. The Morgan fingerprint density at radius 3 is 2.79 bits per heavy atom. The summed E-state index contributed by atoms with van der Waals surface area (Å²) in [5.41, 5.74) is 1.16. The van der Waals surface area contributed by atoms with Crippen molar-refractivity contribution < 1.29 is 14.6 Å². The Kier molecular flexibility index (Phi) is 5.05. The summed E-state index contributed by atoms with van der Waals surface area (Å²) >= 11 is 0. The average molecular weight is 265 g/mol. The molecule has 1 aromatic carbocycles. The third kappa shape index (κ3) is 3.61. The van der Waals surface area contributed by atoms with Crippen molar-refractivity contribution in [3.05, 3.63) is 23.8 Å². The molecule has 1 saturated carbocycles. The summed E-state index contributed by atoms with van der Waals surface area (Å²) in [6, 6.07) is 5.94. The molecule has 1 aromatic rings. The van der Waals surface area contributed by atoms with Gasteiger partial charge < -0.3 is 19.9 Å². The fourth-order valence-corrected chi connectivity index (χ4v) is 2.40. The van der Waals surface area contributed by atoms with Crippen molar-refractivity contribution in [2.24, 2.45) is 0 Å². The lowest BCUT2D eigenvalue weighted by molar-refractivity contribution is 0.0586. The molecule has 2 unspecified atom stereocenters. The van der Waals surface area contributed by atoms with Gasteiger partial charge in [-0.05, 0) is 43.5 Å². The molecule has 106 valence electrons. The van der Waals surface area contributed by atoms with Crippen molar-refractivity contribution in [3.8, 4) is 11.5 Å². The van der Waals surface area contributed by atoms with E-state index in [1.165, 1.54) is 0 Å². The first-order chi connectivity index (χ1) is 9.24. The van der Waals surface area contributed by atoms with Gasteiger partial charge in [0, 0.05) is 6.54 Å². The zero-order valence-corrected chi connectivity index (χ0v) is 11.7. The van der Waals surface area contributed by atoms with Gasteiger partial charge in [0.25, 0.3) is 0 Å². The Morgan fingerprint density at radius 1 is 1.32 bits per heavy atom. The van der Waals surface area contributed by atoms with E-state index in [1.807, 2.05) is 18.2 Å². The number of aliphatic hydroxyl groups excluding tert-OH is 1. The summed E-state index contributed by atoms with van der Waals surface area (Å²) in [6.45, 7) is 3.84. The van der Waals surface area contributed by atoms with Crippen LogP contribution in [0.3, 0.4) is 0 Å². The fraction of sp³-hybridized carbons (Fsp3) is 0.600. The Morgan fingerprint density at radius 2 is 2.16 bits per heavy atom. The number of hydrogen-bond acceptors (Lipinski definition) is 4. The molecule has 1 aliphatic carbocycles. The summed E-state index contributed by atoms with van der Waals surface area (Å²) < 4.78 is 11.3. The second-order valence-electron chi connectivity index (χ2n) is 4.92. The van der Waals surface area contributed by atoms with Gasteiger partial charge in [-0.25, -0.2) is 0 Å². The van der Waals surface area contributed by atoms with Gasteiger partial charge in [-0.3, -0.25) is 0 Å². The van der Waals surface area contributed by atoms with Crippen LogP contribution in [0.4, 0.5) is 0 Å². The molecule has 19 heavy (non-hydrogen) atoms. The zero-order chi connectivity index (χ0) is 13.7. The van der Waals surface area contributed by atoms with Gasteiger partial charge in [0.15, 0.2) is 11.5 Å². The number of ether oxygens (including phenoxy) is 2. The minimum Gasteiger partial charge on any atom is -0.493 e. The second kappa shape index (κ2) is 6.78. The third-order valence-corrected chi connectivity index (χ3v) is 3.50. The third-order valence-electron chi connectivity index (χ3n) is 3.50. The topological polar surface area (TPSA) is 50.7 Å². The van der Waals surface area contributed by atoms with Crippen LogP contribution in [0, 0.1) is 0 Å². The first kappa shape index (κ1) is 14.2. The van der Waals surface area contributed by atoms with Gasteiger partial charge in [0.05, 0.1) is 13.2 Å². The van der Waals surface area contributed by atoms with E-state index in [0.717, 1.165) is 43.7 Å². The first-order valence-corrected chi connectivity index (χ1v) is 6.97. The Hall–Kier alpha value is -1.26. The summed E-state index contributed by atoms with van der Waals surface area (Å²) in [7, 11) is 1.64. The van der Waals surface area contributed by atoms with E-state index in [-0.39, 0.29) is 12.2 Å². The molecule has 2 rings (SSSR count). The van der Waals surface area contributed by atoms with Crippen molar-refractivity contribution in [2.45, 2.75) is 44.9 Å². The van der Waals surface area contributed by atoms with Crippen LogP contribution < -0.4 is 14.8 Å². The van der Waals surface area contributed by atoms with E-state index in [2.05, 4.69) is 12.2 Å². The molecule has 4 heteroatoms. The lowest BCUT2D eigenvalue weighted by Crippen LogP contribution is -2.25. The molecule has 4 nitrogen and oxygen atoms in total. The number of rotatable bonds is 6. The van der Waals surface area contributed by atoms with Gasteiger partial charge in [0.2, 0.25) is 0 Å². The molecule has 0 amide bonds. The molecule has 0 aromatic heterocycles. The highest BCUT2D eigenvalue weighted by molar-refractivity contribution is 5.43. The van der Waals surface area contributed by atoms with Crippen LogP contribution in [0.2, 0.25) is 0 Å². The number of nitrogens with one attached hydrogen (secondary N) is 1. The summed E-state index contributed by atoms with van der Waals surface area (Å²) in [6.07, 6.45) is 2.29. The molecule has 2 N–H and O–H groups in total. The molecular formula is C15H23NO3. The molecule has 2 atom stereocenters. The maximum Gasteiger partial charge on any atom is 0.161 e. The highest BCUT2D eigenvalue weighted by Gasteiger charge is 2.27. The van der Waals surface area contributed by atoms with Crippen LogP contribution in [0.1, 0.15) is 31.7 Å². The van der Waals surface area contributed by atoms with Crippen LogP contribution in [0.15, 0.2) is 18.2 Å². The van der Waals surface area contributed by atoms with Crippen LogP contribution in [-0.4, -0.2) is 31.0 Å². The summed E-state index contributed by atoms with van der Waals surface area (Å²) in [5, 5.41) is 13.1. The number of benzene rings is 1. The van der Waals surface area contributed by atoms with Gasteiger partial charge in [-0.2, -0.15) is 0 Å². The maximum absolute atomic E-state index is 9.81. The van der Waals surface area contributed by atoms with E-state index in [4.69, 9.17) is 9.47 Å². The Balaban J connectivity index is 2.07. The predicted octanol–water partition coefficient (Wildman–Crippen LogP) is 2.10. The number of methoxy groups -OCH3 is 1. The molecule has 0 radical (unpaired) electrons. The molecule has 0 heterocycles. The second-order valence-corrected chi connectivity index (χ2v) is 4.92. The minimum atomic E-state index is -0.355. The molecule has 0 bridgehead atoms. The molecule has 0 spiro atoms. The predicted molar refractivity (Wildman–Crippen MR) is 74.6 cm³/mol. The van der Waals surface area contributed by atoms with E-state index >= 15 is 0 Å². The van der Waals surface area contributed by atoms with Crippen molar-refractivity contribution >= 4 is 0 Å². The van der Waals surface area contributed by atoms with Crippen LogP contribution in [0.25, 0.3) is 0 Å². The van der Waals surface area contributed by atoms with Gasteiger partial charge in [-0.1, -0.05) is 13.0 Å². The Labute approximate surface area is 114 Å². The number of hydrogen-bond donors (Lipinski definition) is 2. The lowest BCUT2D eigenvalue weighted by atomic mass is 10.2. The largest absolute Gasteiger partial charge is 0.493 e. The van der Waals surface area contributed by atoms with E-state index in [1.54, 1.807) is 7.11 Å². The Bertz CT molecular complexity index is 408. The highest BCUT2D eigenvalue weighted by Crippen LogP contribution is 2.32. The SMILES string of the molecule is CCNCc1ccc(OC2CCCC2O)c(OC)c1. The standard InChI is InChI=1S/C15H23NO3/c1-3-16-10-11-7-8-14(15(9-11)18-2)19-13-6-4-5-12(13)17/h7-9,12-13,16-17H,3-6,10H2,1-2H3.